The van der Waals surface area contributed by atoms with E-state index in [1.165, 1.54) is 31.8 Å². The number of hydrogen-bond acceptors (Lipinski definition) is 4. The number of nitrogens with one attached hydrogen (secondary N) is 1. The second-order valence-corrected chi connectivity index (χ2v) is 11.7. The smallest absolute Gasteiger partial charge is 0.133 e. The van der Waals surface area contributed by atoms with E-state index < -0.39 is 0 Å². The molecule has 0 saturated heterocycles. The zero-order valence-corrected chi connectivity index (χ0v) is 23.2. The summed E-state index contributed by atoms with van der Waals surface area (Å²) in [6, 6.07) is 36.7. The van der Waals surface area contributed by atoms with E-state index in [2.05, 4.69) is 133 Å². The number of aromatic nitrogens is 1. The minimum absolute atomic E-state index is 0.0704. The fraction of sp³-hybridized carbons (Fsp3) is 0.0811. The van der Waals surface area contributed by atoms with Gasteiger partial charge in [0.2, 0.25) is 0 Å². The van der Waals surface area contributed by atoms with E-state index in [1.54, 1.807) is 11.3 Å². The molecule has 0 amide bonds. The van der Waals surface area contributed by atoms with E-state index in [-0.39, 0.29) is 6.04 Å². The first-order valence-electron chi connectivity index (χ1n) is 14.1. The molecule has 8 rings (SSSR count). The number of fused-ring (bicyclic) bond motifs is 5. The highest BCUT2D eigenvalue weighted by atomic mass is 32.1. The lowest BCUT2D eigenvalue weighted by molar-refractivity contribution is 0.576. The molecule has 2 unspecified atom stereocenters. The first-order chi connectivity index (χ1) is 20.3. The Morgan fingerprint density at radius 3 is 2.32 bits per heavy atom. The first kappa shape index (κ1) is 24.0. The van der Waals surface area contributed by atoms with Gasteiger partial charge in [0.15, 0.2) is 0 Å². The van der Waals surface area contributed by atoms with Crippen LogP contribution in [0.2, 0.25) is 0 Å². The molecule has 1 aliphatic heterocycles. The molecule has 0 saturated carbocycles. The third kappa shape index (κ3) is 4.37. The Labute approximate surface area is 242 Å². The fourth-order valence-corrected chi connectivity index (χ4v) is 6.93. The Bertz CT molecular complexity index is 2050. The molecule has 4 heteroatoms. The number of aliphatic imine (C=N–C) groups is 1. The average molecular weight is 546 g/mol. The molecule has 0 fully saturated rings. The Morgan fingerprint density at radius 1 is 0.732 bits per heavy atom. The molecule has 3 nitrogen and oxygen atoms in total. The van der Waals surface area contributed by atoms with E-state index in [0.29, 0.717) is 5.92 Å². The van der Waals surface area contributed by atoms with Crippen molar-refractivity contribution in [3.8, 4) is 10.6 Å². The van der Waals surface area contributed by atoms with E-state index in [0.717, 1.165) is 39.6 Å². The van der Waals surface area contributed by atoms with Gasteiger partial charge in [-0.2, -0.15) is 0 Å². The highest BCUT2D eigenvalue weighted by Gasteiger charge is 2.24. The van der Waals surface area contributed by atoms with Gasteiger partial charge in [-0.15, -0.1) is 11.3 Å². The Morgan fingerprint density at radius 2 is 1.51 bits per heavy atom. The van der Waals surface area contributed by atoms with Gasteiger partial charge < -0.3 is 5.32 Å². The molecule has 1 N–H and O–H groups in total. The maximum absolute atomic E-state index is 5.24. The molecule has 6 aromatic rings. The van der Waals surface area contributed by atoms with Crippen molar-refractivity contribution in [2.75, 3.05) is 0 Å². The van der Waals surface area contributed by atoms with Gasteiger partial charge in [0.05, 0.1) is 16.3 Å². The zero-order chi connectivity index (χ0) is 27.2. The summed E-state index contributed by atoms with van der Waals surface area (Å²) in [7, 11) is 0. The minimum Gasteiger partial charge on any atom is -0.340 e. The maximum Gasteiger partial charge on any atom is 0.133 e. The summed E-state index contributed by atoms with van der Waals surface area (Å²) in [5.74, 6) is 1.26. The summed E-state index contributed by atoms with van der Waals surface area (Å²) >= 11 is 1.75. The lowest BCUT2D eigenvalue weighted by atomic mass is 9.90. The van der Waals surface area contributed by atoms with Gasteiger partial charge in [-0.25, -0.2) is 4.98 Å². The average Bonchev–Trinajstić information content (AvgIpc) is 3.50. The number of benzene rings is 5. The van der Waals surface area contributed by atoms with Gasteiger partial charge in [-0.3, -0.25) is 4.99 Å². The molecule has 196 valence electrons. The van der Waals surface area contributed by atoms with Crippen LogP contribution in [-0.4, -0.2) is 16.9 Å². The molecule has 41 heavy (non-hydrogen) atoms. The molecular formula is C37H27N3S. The topological polar surface area (TPSA) is 37.3 Å². The van der Waals surface area contributed by atoms with Gasteiger partial charge in [0.25, 0.3) is 0 Å². The second kappa shape index (κ2) is 9.99. The third-order valence-corrected chi connectivity index (χ3v) is 9.13. The number of thiazole rings is 1. The monoisotopic (exact) mass is 545 g/mol. The summed E-state index contributed by atoms with van der Waals surface area (Å²) in [5, 5.41) is 9.55. The van der Waals surface area contributed by atoms with Crippen LogP contribution >= 0.6 is 11.3 Å². The van der Waals surface area contributed by atoms with E-state index >= 15 is 0 Å². The molecule has 2 atom stereocenters. The van der Waals surface area contributed by atoms with Crippen molar-refractivity contribution < 1.29 is 0 Å². The lowest BCUT2D eigenvalue weighted by Gasteiger charge is -2.27. The molecule has 5 aromatic carbocycles. The molecule has 1 aliphatic carbocycles. The first-order valence-corrected chi connectivity index (χ1v) is 14.9. The minimum atomic E-state index is 0.0704. The number of rotatable bonds is 4. The summed E-state index contributed by atoms with van der Waals surface area (Å²) < 4.78 is 1.21. The quantitative estimate of drug-likeness (QED) is 0.224. The van der Waals surface area contributed by atoms with Gasteiger partial charge in [0, 0.05) is 28.1 Å². The van der Waals surface area contributed by atoms with Gasteiger partial charge in [0.1, 0.15) is 10.8 Å². The molecule has 1 aromatic heterocycles. The number of amidine groups is 1. The Hall–Kier alpha value is -4.80. The highest BCUT2D eigenvalue weighted by molar-refractivity contribution is 7.21. The van der Waals surface area contributed by atoms with Crippen molar-refractivity contribution in [2.45, 2.75) is 12.5 Å². The van der Waals surface area contributed by atoms with E-state index in [9.17, 15) is 0 Å². The number of allylic oxidation sites excluding steroid dienone is 3. The number of hydrogen-bond donors (Lipinski definition) is 1. The van der Waals surface area contributed by atoms with E-state index in [4.69, 9.17) is 9.98 Å². The van der Waals surface area contributed by atoms with Crippen LogP contribution in [0.15, 0.2) is 139 Å². The predicted octanol–water partition coefficient (Wildman–Crippen LogP) is 9.16. The van der Waals surface area contributed by atoms with Crippen LogP contribution in [0.5, 0.6) is 0 Å². The SMILES string of the molecule is C1=CCC(C2C=C(c3ccccc3)NC(c3ccc4c(ccc5ccc6sc(-c7ccccc7)nc6c54)c3)=N2)C=C1. The van der Waals surface area contributed by atoms with Crippen LogP contribution in [0.25, 0.3) is 48.0 Å². The van der Waals surface area contributed by atoms with Crippen LogP contribution in [0.3, 0.4) is 0 Å². The van der Waals surface area contributed by atoms with Crippen molar-refractivity contribution in [1.82, 2.24) is 10.3 Å². The van der Waals surface area contributed by atoms with Gasteiger partial charge >= 0.3 is 0 Å². The van der Waals surface area contributed by atoms with Gasteiger partial charge in [-0.05, 0) is 46.4 Å². The molecule has 0 bridgehead atoms. The summed E-state index contributed by atoms with van der Waals surface area (Å²) in [6.07, 6.45) is 12.1. The molecular weight excluding hydrogens is 518 g/mol. The molecule has 2 heterocycles. The summed E-state index contributed by atoms with van der Waals surface area (Å²) in [4.78, 5) is 10.4. The van der Waals surface area contributed by atoms with Crippen molar-refractivity contribution >= 4 is 54.6 Å². The Kier molecular flexibility index (Phi) is 5.86. The summed E-state index contributed by atoms with van der Waals surface area (Å²) in [5.41, 5.74) is 5.61. The maximum atomic E-state index is 5.24. The molecule has 2 aliphatic rings. The number of nitrogens with zero attached hydrogens (tertiary/aromatic N) is 2. The van der Waals surface area contributed by atoms with Crippen molar-refractivity contribution in [3.63, 3.8) is 0 Å². The Balaban J connectivity index is 1.24. The van der Waals surface area contributed by atoms with Crippen molar-refractivity contribution in [3.05, 3.63) is 145 Å². The van der Waals surface area contributed by atoms with Gasteiger partial charge in [-0.1, -0.05) is 115 Å². The van der Waals surface area contributed by atoms with Crippen LogP contribution in [0.4, 0.5) is 0 Å². The highest BCUT2D eigenvalue weighted by Crippen LogP contribution is 2.38. The lowest BCUT2D eigenvalue weighted by Crippen LogP contribution is -2.32. The normalized spacial score (nSPS) is 18.4. The predicted molar refractivity (Wildman–Crippen MR) is 174 cm³/mol. The molecule has 0 radical (unpaired) electrons. The second-order valence-electron chi connectivity index (χ2n) is 10.6. The largest absolute Gasteiger partial charge is 0.340 e. The summed E-state index contributed by atoms with van der Waals surface area (Å²) in [6.45, 7) is 0. The zero-order valence-electron chi connectivity index (χ0n) is 22.4. The standard InChI is InChI=1S/C37H27N3S/c1-4-10-24(11-5-1)31-23-32(25-12-6-2-7-13-25)39-36(38-31)29-18-20-30-28(22-29)17-16-26-19-21-33-35(34(26)30)40-37(41-33)27-14-8-3-9-15-27/h1-12,14-23,25,32H,13H2,(H,38,39). The third-order valence-electron chi connectivity index (χ3n) is 8.06. The fourth-order valence-electron chi connectivity index (χ4n) is 5.95. The van der Waals surface area contributed by atoms with Crippen LogP contribution in [0.1, 0.15) is 17.5 Å². The van der Waals surface area contributed by atoms with Crippen molar-refractivity contribution in [2.24, 2.45) is 10.9 Å². The van der Waals surface area contributed by atoms with Crippen LogP contribution in [-0.2, 0) is 0 Å². The van der Waals surface area contributed by atoms with E-state index in [1.807, 2.05) is 6.07 Å². The van der Waals surface area contributed by atoms with Crippen molar-refractivity contribution in [1.29, 1.82) is 0 Å². The van der Waals surface area contributed by atoms with Crippen LogP contribution < -0.4 is 5.32 Å². The van der Waals surface area contributed by atoms with Crippen LogP contribution in [0, 0.1) is 5.92 Å². The molecule has 0 spiro atoms.